The molecule has 1 aromatic carbocycles. The van der Waals surface area contributed by atoms with Gasteiger partial charge in [0.15, 0.2) is 5.82 Å². The van der Waals surface area contributed by atoms with E-state index in [1.807, 2.05) is 24.3 Å². The molecule has 0 spiro atoms. The molecule has 0 saturated heterocycles. The summed E-state index contributed by atoms with van der Waals surface area (Å²) in [7, 11) is 1.66. The highest BCUT2D eigenvalue weighted by Crippen LogP contribution is 2.35. The van der Waals surface area contributed by atoms with Crippen molar-refractivity contribution < 1.29 is 9.26 Å². The standard InChI is InChI=1S/C15H19N3O2/c1-19-12-6-4-11(5-7-12)10-13-17-14(20-18-13)15(16)8-2-3-9-15/h4-7H,2-3,8-10,16H2,1H3. The van der Waals surface area contributed by atoms with Gasteiger partial charge >= 0.3 is 0 Å². The van der Waals surface area contributed by atoms with E-state index in [4.69, 9.17) is 15.0 Å². The highest BCUT2D eigenvalue weighted by molar-refractivity contribution is 5.28. The number of nitrogens with two attached hydrogens (primary N) is 1. The first-order chi connectivity index (χ1) is 9.69. The van der Waals surface area contributed by atoms with Gasteiger partial charge in [0.1, 0.15) is 5.75 Å². The summed E-state index contributed by atoms with van der Waals surface area (Å²) in [5, 5.41) is 4.05. The van der Waals surface area contributed by atoms with Crippen LogP contribution in [0.5, 0.6) is 5.75 Å². The first-order valence-corrected chi connectivity index (χ1v) is 6.94. The fraction of sp³-hybridized carbons (Fsp3) is 0.467. The number of benzene rings is 1. The predicted octanol–water partition coefficient (Wildman–Crippen LogP) is 2.40. The molecule has 1 fully saturated rings. The summed E-state index contributed by atoms with van der Waals surface area (Å²) in [6.07, 6.45) is 4.76. The molecule has 1 aliphatic rings. The highest BCUT2D eigenvalue weighted by Gasteiger charge is 2.36. The first kappa shape index (κ1) is 13.1. The van der Waals surface area contributed by atoms with Gasteiger partial charge < -0.3 is 15.0 Å². The van der Waals surface area contributed by atoms with E-state index in [1.54, 1.807) is 7.11 Å². The average Bonchev–Trinajstić information content (AvgIpc) is 3.10. The van der Waals surface area contributed by atoms with Gasteiger partial charge in [0, 0.05) is 6.42 Å². The van der Waals surface area contributed by atoms with Crippen LogP contribution >= 0.6 is 0 Å². The van der Waals surface area contributed by atoms with Crippen LogP contribution in [-0.2, 0) is 12.0 Å². The van der Waals surface area contributed by atoms with Crippen LogP contribution in [0.4, 0.5) is 0 Å². The minimum absolute atomic E-state index is 0.412. The summed E-state index contributed by atoms with van der Waals surface area (Å²) in [6, 6.07) is 7.86. The second-order valence-corrected chi connectivity index (χ2v) is 5.40. The summed E-state index contributed by atoms with van der Waals surface area (Å²) in [5.74, 6) is 2.11. The molecule has 5 nitrogen and oxygen atoms in total. The monoisotopic (exact) mass is 273 g/mol. The number of nitrogens with zero attached hydrogens (tertiary/aromatic N) is 2. The Hall–Kier alpha value is -1.88. The van der Waals surface area contributed by atoms with Crippen LogP contribution < -0.4 is 10.5 Å². The number of methoxy groups -OCH3 is 1. The van der Waals surface area contributed by atoms with E-state index in [2.05, 4.69) is 10.1 Å². The SMILES string of the molecule is COc1ccc(Cc2noc(C3(N)CCCC3)n2)cc1. The summed E-state index contributed by atoms with van der Waals surface area (Å²) in [5.41, 5.74) is 7.02. The molecular formula is C15H19N3O2. The van der Waals surface area contributed by atoms with Crippen LogP contribution in [0, 0.1) is 0 Å². The van der Waals surface area contributed by atoms with E-state index < -0.39 is 5.54 Å². The molecule has 106 valence electrons. The largest absolute Gasteiger partial charge is 0.497 e. The van der Waals surface area contributed by atoms with Crippen molar-refractivity contribution >= 4 is 0 Å². The maximum atomic E-state index is 6.31. The predicted molar refractivity (Wildman–Crippen MR) is 74.4 cm³/mol. The van der Waals surface area contributed by atoms with Gasteiger partial charge in [-0.05, 0) is 30.5 Å². The second-order valence-electron chi connectivity index (χ2n) is 5.40. The normalized spacial score (nSPS) is 17.3. The molecule has 0 radical (unpaired) electrons. The third kappa shape index (κ3) is 2.54. The quantitative estimate of drug-likeness (QED) is 0.925. The lowest BCUT2D eigenvalue weighted by atomic mass is 9.99. The van der Waals surface area contributed by atoms with E-state index in [9.17, 15) is 0 Å². The molecule has 0 aliphatic heterocycles. The van der Waals surface area contributed by atoms with Crippen LogP contribution in [0.3, 0.4) is 0 Å². The van der Waals surface area contributed by atoms with Crippen molar-refractivity contribution in [3.63, 3.8) is 0 Å². The lowest BCUT2D eigenvalue weighted by Gasteiger charge is -2.17. The van der Waals surface area contributed by atoms with Gasteiger partial charge in [-0.15, -0.1) is 0 Å². The molecule has 1 heterocycles. The van der Waals surface area contributed by atoms with Crippen molar-refractivity contribution in [2.24, 2.45) is 5.73 Å². The van der Waals surface area contributed by atoms with Gasteiger partial charge in [0.25, 0.3) is 0 Å². The van der Waals surface area contributed by atoms with E-state index in [-0.39, 0.29) is 0 Å². The third-order valence-electron chi connectivity index (χ3n) is 3.91. The van der Waals surface area contributed by atoms with Crippen molar-refractivity contribution in [2.45, 2.75) is 37.6 Å². The molecule has 0 unspecified atom stereocenters. The molecular weight excluding hydrogens is 254 g/mol. The van der Waals surface area contributed by atoms with Crippen molar-refractivity contribution in [1.82, 2.24) is 10.1 Å². The van der Waals surface area contributed by atoms with Crippen LogP contribution in [0.2, 0.25) is 0 Å². The highest BCUT2D eigenvalue weighted by atomic mass is 16.5. The second kappa shape index (κ2) is 5.25. The Bertz CT molecular complexity index is 571. The molecule has 2 aromatic rings. The number of rotatable bonds is 4. The lowest BCUT2D eigenvalue weighted by Crippen LogP contribution is -2.33. The third-order valence-corrected chi connectivity index (χ3v) is 3.91. The van der Waals surface area contributed by atoms with Crippen LogP contribution in [0.25, 0.3) is 0 Å². The van der Waals surface area contributed by atoms with Crippen LogP contribution in [-0.4, -0.2) is 17.3 Å². The molecule has 0 bridgehead atoms. The van der Waals surface area contributed by atoms with E-state index >= 15 is 0 Å². The molecule has 5 heteroatoms. The number of hydrogen-bond donors (Lipinski definition) is 1. The Morgan fingerprint density at radius 2 is 1.95 bits per heavy atom. The van der Waals surface area contributed by atoms with Gasteiger partial charge in [-0.25, -0.2) is 0 Å². The smallest absolute Gasteiger partial charge is 0.246 e. The molecule has 3 rings (SSSR count). The number of hydrogen-bond acceptors (Lipinski definition) is 5. The van der Waals surface area contributed by atoms with Crippen molar-refractivity contribution in [1.29, 1.82) is 0 Å². The average molecular weight is 273 g/mol. The summed E-state index contributed by atoms with van der Waals surface area (Å²) in [6.45, 7) is 0. The Labute approximate surface area is 118 Å². The fourth-order valence-corrected chi connectivity index (χ4v) is 2.67. The molecule has 1 aliphatic carbocycles. The summed E-state index contributed by atoms with van der Waals surface area (Å²) < 4.78 is 10.5. The molecule has 0 amide bonds. The Kier molecular flexibility index (Phi) is 3.44. The molecule has 1 saturated carbocycles. The van der Waals surface area contributed by atoms with E-state index in [0.717, 1.165) is 37.0 Å². The lowest BCUT2D eigenvalue weighted by molar-refractivity contribution is 0.284. The van der Waals surface area contributed by atoms with Gasteiger partial charge in [-0.3, -0.25) is 0 Å². The van der Waals surface area contributed by atoms with Gasteiger partial charge in [0.2, 0.25) is 5.89 Å². The summed E-state index contributed by atoms with van der Waals surface area (Å²) in [4.78, 5) is 4.47. The molecule has 2 N–H and O–H groups in total. The van der Waals surface area contributed by atoms with E-state index in [0.29, 0.717) is 18.1 Å². The zero-order valence-corrected chi connectivity index (χ0v) is 11.6. The molecule has 20 heavy (non-hydrogen) atoms. The van der Waals surface area contributed by atoms with Crippen molar-refractivity contribution in [3.8, 4) is 5.75 Å². The van der Waals surface area contributed by atoms with Gasteiger partial charge in [-0.1, -0.05) is 30.1 Å². The Morgan fingerprint density at radius 1 is 1.25 bits per heavy atom. The van der Waals surface area contributed by atoms with Crippen LogP contribution in [0.1, 0.15) is 43.0 Å². The van der Waals surface area contributed by atoms with E-state index in [1.165, 1.54) is 0 Å². The maximum Gasteiger partial charge on any atom is 0.246 e. The minimum atomic E-state index is -0.412. The van der Waals surface area contributed by atoms with Gasteiger partial charge in [-0.2, -0.15) is 4.98 Å². The molecule has 0 atom stereocenters. The molecule has 1 aromatic heterocycles. The topological polar surface area (TPSA) is 74.2 Å². The number of aromatic nitrogens is 2. The van der Waals surface area contributed by atoms with Crippen LogP contribution in [0.15, 0.2) is 28.8 Å². The Balaban J connectivity index is 1.73. The minimum Gasteiger partial charge on any atom is -0.497 e. The Morgan fingerprint density at radius 3 is 2.60 bits per heavy atom. The number of ether oxygens (including phenoxy) is 1. The zero-order chi connectivity index (χ0) is 14.0. The van der Waals surface area contributed by atoms with Gasteiger partial charge in [0.05, 0.1) is 12.6 Å². The van der Waals surface area contributed by atoms with Crippen molar-refractivity contribution in [2.75, 3.05) is 7.11 Å². The zero-order valence-electron chi connectivity index (χ0n) is 11.6. The first-order valence-electron chi connectivity index (χ1n) is 6.94. The maximum absolute atomic E-state index is 6.31. The fourth-order valence-electron chi connectivity index (χ4n) is 2.67. The summed E-state index contributed by atoms with van der Waals surface area (Å²) >= 11 is 0. The van der Waals surface area contributed by atoms with Crippen molar-refractivity contribution in [3.05, 3.63) is 41.5 Å².